The summed E-state index contributed by atoms with van der Waals surface area (Å²) in [5.74, 6) is -0.864. The molecular weight excluding hydrogens is 362 g/mol. The van der Waals surface area contributed by atoms with Gasteiger partial charge in [-0.15, -0.1) is 0 Å². The molecule has 0 spiro atoms. The number of esters is 1. The molecule has 27 heavy (non-hydrogen) atoms. The maximum Gasteiger partial charge on any atom is 0.351 e. The molecule has 0 aliphatic carbocycles. The normalized spacial score (nSPS) is 33.9. The number of hydrogen-bond acceptors (Lipinski definition) is 9. The van der Waals surface area contributed by atoms with E-state index in [0.717, 1.165) is 4.90 Å². The molecule has 0 aromatic rings. The Labute approximate surface area is 156 Å². The molecule has 2 aliphatic heterocycles. The first-order chi connectivity index (χ1) is 12.5. The summed E-state index contributed by atoms with van der Waals surface area (Å²) in [5, 5.41) is 31.2. The number of hydrogen-bond donors (Lipinski definition) is 5. The zero-order chi connectivity index (χ0) is 20.4. The van der Waals surface area contributed by atoms with Crippen molar-refractivity contribution in [3.05, 3.63) is 12.3 Å². The average Bonchev–Trinajstić information content (AvgIpc) is 2.88. The fourth-order valence-electron chi connectivity index (χ4n) is 2.79. The van der Waals surface area contributed by atoms with Crippen molar-refractivity contribution in [2.75, 3.05) is 26.9 Å². The van der Waals surface area contributed by atoms with E-state index in [9.17, 15) is 19.8 Å². The predicted molar refractivity (Wildman–Crippen MR) is 90.8 cm³/mol. The van der Waals surface area contributed by atoms with Crippen molar-refractivity contribution in [3.63, 3.8) is 0 Å². The molecule has 6 N–H and O–H groups in total. The average molecular weight is 389 g/mol. The van der Waals surface area contributed by atoms with Crippen LogP contribution in [0.1, 0.15) is 13.8 Å². The van der Waals surface area contributed by atoms with Gasteiger partial charge in [-0.3, -0.25) is 10.6 Å². The number of nitrogens with zero attached hydrogens (tertiary/aromatic N) is 1. The Bertz CT molecular complexity index is 598. The van der Waals surface area contributed by atoms with Crippen molar-refractivity contribution in [2.24, 2.45) is 11.1 Å². The number of carbonyl (C=O) groups excluding carboxylic acids is 2. The summed E-state index contributed by atoms with van der Waals surface area (Å²) >= 11 is 0. The van der Waals surface area contributed by atoms with E-state index in [1.165, 1.54) is 19.4 Å². The lowest BCUT2D eigenvalue weighted by Gasteiger charge is -2.36. The first-order valence-corrected chi connectivity index (χ1v) is 8.42. The molecule has 0 aromatic carbocycles. The molecule has 11 heteroatoms. The minimum Gasteiger partial charge on any atom is -0.462 e. The van der Waals surface area contributed by atoms with E-state index in [1.807, 2.05) is 13.8 Å². The highest BCUT2D eigenvalue weighted by atomic mass is 16.6. The molecule has 2 aliphatic rings. The largest absolute Gasteiger partial charge is 0.462 e. The maximum atomic E-state index is 12.4. The van der Waals surface area contributed by atoms with Gasteiger partial charge >= 0.3 is 12.0 Å². The zero-order valence-electron chi connectivity index (χ0n) is 15.5. The molecule has 11 nitrogen and oxygen atoms in total. The van der Waals surface area contributed by atoms with Gasteiger partial charge in [-0.2, -0.15) is 0 Å². The van der Waals surface area contributed by atoms with Crippen LogP contribution in [0, 0.1) is 5.41 Å². The van der Waals surface area contributed by atoms with Crippen LogP contribution < -0.4 is 11.1 Å². The topological polar surface area (TPSA) is 164 Å². The number of ether oxygens (including phenoxy) is 3. The van der Waals surface area contributed by atoms with Crippen molar-refractivity contribution < 1.29 is 39.1 Å². The molecule has 0 aromatic heterocycles. The van der Waals surface area contributed by atoms with Gasteiger partial charge in [-0.05, 0) is 6.08 Å². The van der Waals surface area contributed by atoms with Crippen LogP contribution in [0.4, 0.5) is 4.79 Å². The molecule has 2 heterocycles. The van der Waals surface area contributed by atoms with E-state index >= 15 is 0 Å². The Morgan fingerprint density at radius 1 is 1.41 bits per heavy atom. The van der Waals surface area contributed by atoms with E-state index in [0.29, 0.717) is 6.61 Å². The van der Waals surface area contributed by atoms with E-state index in [2.05, 4.69) is 5.32 Å². The monoisotopic (exact) mass is 389 g/mol. The second kappa shape index (κ2) is 8.09. The standard InChI is InChI=1S/C16H27N3O8/c1-15(2,7-25-3)8-26-13(23)16(17)4-5-19(14(24)18-16)12-11(22)10(21)9(6-20)27-12/h4-5,9-12,20-22H,6-8,17H2,1-3H3,(H,18,24)/t9-,10-,11-,12-,16?/m1/s1. The zero-order valence-corrected chi connectivity index (χ0v) is 15.5. The van der Waals surface area contributed by atoms with Gasteiger partial charge in [0.05, 0.1) is 19.8 Å². The van der Waals surface area contributed by atoms with Crippen LogP contribution in [-0.4, -0.2) is 89.4 Å². The molecule has 0 bridgehead atoms. The maximum absolute atomic E-state index is 12.4. The molecule has 1 saturated heterocycles. The third kappa shape index (κ3) is 4.57. The van der Waals surface area contributed by atoms with E-state index in [-0.39, 0.29) is 6.61 Å². The van der Waals surface area contributed by atoms with Crippen molar-refractivity contribution in [1.29, 1.82) is 0 Å². The van der Waals surface area contributed by atoms with Crippen molar-refractivity contribution in [3.8, 4) is 0 Å². The van der Waals surface area contributed by atoms with Crippen LogP contribution in [0.25, 0.3) is 0 Å². The highest BCUT2D eigenvalue weighted by Crippen LogP contribution is 2.26. The summed E-state index contributed by atoms with van der Waals surface area (Å²) in [4.78, 5) is 25.6. The van der Waals surface area contributed by atoms with Crippen LogP contribution in [0.5, 0.6) is 0 Å². The minimum atomic E-state index is -1.89. The van der Waals surface area contributed by atoms with Crippen LogP contribution in [0.3, 0.4) is 0 Å². The Morgan fingerprint density at radius 2 is 2.07 bits per heavy atom. The number of rotatable bonds is 7. The quantitative estimate of drug-likeness (QED) is 0.305. The van der Waals surface area contributed by atoms with E-state index in [4.69, 9.17) is 25.1 Å². The Kier molecular flexibility index (Phi) is 6.45. The highest BCUT2D eigenvalue weighted by molar-refractivity contribution is 5.90. The van der Waals surface area contributed by atoms with Crippen LogP contribution >= 0.6 is 0 Å². The molecule has 2 amide bonds. The number of nitrogens with one attached hydrogen (secondary N) is 1. The Morgan fingerprint density at radius 3 is 2.59 bits per heavy atom. The summed E-state index contributed by atoms with van der Waals surface area (Å²) in [5.41, 5.74) is 3.60. The minimum absolute atomic E-state index is 0.0286. The predicted octanol–water partition coefficient (Wildman–Crippen LogP) is -2.16. The fraction of sp³-hybridized carbons (Fsp3) is 0.750. The van der Waals surface area contributed by atoms with Crippen LogP contribution in [0.15, 0.2) is 12.3 Å². The Hall–Kier alpha value is -1.76. The van der Waals surface area contributed by atoms with Crippen molar-refractivity contribution >= 4 is 12.0 Å². The van der Waals surface area contributed by atoms with Crippen molar-refractivity contribution in [1.82, 2.24) is 10.2 Å². The summed E-state index contributed by atoms with van der Waals surface area (Å²) in [7, 11) is 1.53. The number of carbonyl (C=O) groups is 2. The number of urea groups is 1. The molecule has 5 atom stereocenters. The van der Waals surface area contributed by atoms with E-state index < -0.39 is 54.2 Å². The van der Waals surface area contributed by atoms with Crippen LogP contribution in [-0.2, 0) is 19.0 Å². The van der Waals surface area contributed by atoms with Crippen LogP contribution in [0.2, 0.25) is 0 Å². The fourth-order valence-corrected chi connectivity index (χ4v) is 2.79. The van der Waals surface area contributed by atoms with Gasteiger partial charge in [0.2, 0.25) is 5.66 Å². The summed E-state index contributed by atoms with van der Waals surface area (Å²) in [6.45, 7) is 3.54. The lowest BCUT2D eigenvalue weighted by Crippen LogP contribution is -2.66. The summed E-state index contributed by atoms with van der Waals surface area (Å²) in [6, 6.07) is -0.831. The van der Waals surface area contributed by atoms with E-state index in [1.54, 1.807) is 0 Å². The number of aliphatic hydroxyl groups excluding tert-OH is 3. The van der Waals surface area contributed by atoms with Gasteiger partial charge in [0.1, 0.15) is 18.3 Å². The molecule has 154 valence electrons. The van der Waals surface area contributed by atoms with Gasteiger partial charge < -0.3 is 34.8 Å². The SMILES string of the molecule is COCC(C)(C)COC(=O)C1(N)C=CN([C@@H]2O[C@H](CO)[C@@H](O)[C@H]2O)C(=O)N1. The molecule has 1 unspecified atom stereocenters. The number of aliphatic hydroxyl groups is 3. The highest BCUT2D eigenvalue weighted by Gasteiger charge is 2.49. The number of amides is 2. The number of nitrogens with two attached hydrogens (primary N) is 1. The molecule has 0 saturated carbocycles. The smallest absolute Gasteiger partial charge is 0.351 e. The Balaban J connectivity index is 2.05. The van der Waals surface area contributed by atoms with Gasteiger partial charge in [-0.25, -0.2) is 9.59 Å². The molecule has 2 rings (SSSR count). The van der Waals surface area contributed by atoms with Gasteiger partial charge in [0, 0.05) is 18.7 Å². The molecule has 1 fully saturated rings. The number of methoxy groups -OCH3 is 1. The third-order valence-electron chi connectivity index (χ3n) is 4.30. The second-order valence-corrected chi connectivity index (χ2v) is 7.42. The summed E-state index contributed by atoms with van der Waals surface area (Å²) in [6.07, 6.45) is -2.73. The van der Waals surface area contributed by atoms with Gasteiger partial charge in [-0.1, -0.05) is 13.8 Å². The van der Waals surface area contributed by atoms with Crippen molar-refractivity contribution in [2.45, 2.75) is 44.1 Å². The van der Waals surface area contributed by atoms with Gasteiger partial charge in [0.25, 0.3) is 0 Å². The second-order valence-electron chi connectivity index (χ2n) is 7.42. The first-order valence-electron chi connectivity index (χ1n) is 8.42. The van der Waals surface area contributed by atoms with Gasteiger partial charge in [0.15, 0.2) is 6.23 Å². The third-order valence-corrected chi connectivity index (χ3v) is 4.30. The molecular formula is C16H27N3O8. The molecule has 0 radical (unpaired) electrons. The lowest BCUT2D eigenvalue weighted by atomic mass is 9.96. The first kappa shape index (κ1) is 21.5. The summed E-state index contributed by atoms with van der Waals surface area (Å²) < 4.78 is 15.5. The lowest BCUT2D eigenvalue weighted by molar-refractivity contribution is -0.153.